The molecule has 1 unspecified atom stereocenters. The average molecular weight is 427 g/mol. The number of carbonyl (C=O) groups excluding carboxylic acids is 3. The molecular formula is C22H26FN5O3. The zero-order chi connectivity index (χ0) is 22.2. The fraction of sp³-hybridized carbons (Fsp3) is 0.318. The Morgan fingerprint density at radius 3 is 2.48 bits per heavy atom. The van der Waals surface area contributed by atoms with Gasteiger partial charge in [-0.1, -0.05) is 36.4 Å². The highest BCUT2D eigenvalue weighted by Crippen LogP contribution is 2.20. The Morgan fingerprint density at radius 2 is 1.77 bits per heavy atom. The highest BCUT2D eigenvalue weighted by Gasteiger charge is 2.42. The standard InChI is InChI=1S/C22H26FN5O3/c23-17-7-4-8-18(15-17)26-22(31)28-14-13-27(21(28)20(30)25-12-11-24)19(29)10-9-16-5-2-1-3-6-16/h1-8,15,21H,9-14,24H2,(H,25,30)(H,26,31). The van der Waals surface area contributed by atoms with Crippen LogP contribution in [0.3, 0.4) is 0 Å². The van der Waals surface area contributed by atoms with Gasteiger partial charge in [0.15, 0.2) is 6.17 Å². The molecule has 8 nitrogen and oxygen atoms in total. The van der Waals surface area contributed by atoms with E-state index in [0.29, 0.717) is 6.42 Å². The molecule has 1 saturated heterocycles. The fourth-order valence-corrected chi connectivity index (χ4v) is 3.47. The maximum absolute atomic E-state index is 13.4. The van der Waals surface area contributed by atoms with Crippen molar-refractivity contribution < 1.29 is 18.8 Å². The van der Waals surface area contributed by atoms with E-state index in [1.807, 2.05) is 30.3 Å². The Balaban J connectivity index is 1.72. The number of nitrogens with one attached hydrogen (secondary N) is 2. The van der Waals surface area contributed by atoms with Gasteiger partial charge >= 0.3 is 6.03 Å². The van der Waals surface area contributed by atoms with E-state index in [-0.39, 0.29) is 44.2 Å². The third kappa shape index (κ3) is 5.79. The minimum Gasteiger partial charge on any atom is -0.351 e. The Labute approximate surface area is 180 Å². The molecule has 1 atom stereocenters. The van der Waals surface area contributed by atoms with Crippen molar-refractivity contribution in [3.63, 3.8) is 0 Å². The van der Waals surface area contributed by atoms with Crippen LogP contribution in [0.15, 0.2) is 54.6 Å². The second-order valence-electron chi connectivity index (χ2n) is 7.16. The molecule has 2 aromatic rings. The Bertz CT molecular complexity index is 924. The van der Waals surface area contributed by atoms with Crippen LogP contribution in [0.25, 0.3) is 0 Å². The lowest BCUT2D eigenvalue weighted by molar-refractivity contribution is -0.141. The van der Waals surface area contributed by atoms with Crippen LogP contribution in [0.2, 0.25) is 0 Å². The number of hydrogen-bond donors (Lipinski definition) is 3. The summed E-state index contributed by atoms with van der Waals surface area (Å²) in [6.45, 7) is 0.862. The van der Waals surface area contributed by atoms with Crippen molar-refractivity contribution in [3.8, 4) is 0 Å². The highest BCUT2D eigenvalue weighted by molar-refractivity contribution is 5.96. The molecule has 0 saturated carbocycles. The largest absolute Gasteiger partial charge is 0.351 e. The maximum Gasteiger partial charge on any atom is 0.323 e. The second kappa shape index (κ2) is 10.5. The Hall–Kier alpha value is -3.46. The van der Waals surface area contributed by atoms with Crippen molar-refractivity contribution in [1.82, 2.24) is 15.1 Å². The van der Waals surface area contributed by atoms with Crippen LogP contribution < -0.4 is 16.4 Å². The van der Waals surface area contributed by atoms with Crippen molar-refractivity contribution >= 4 is 23.5 Å². The SMILES string of the molecule is NCCNC(=O)C1N(C(=O)CCc2ccccc2)CCN1C(=O)Nc1cccc(F)c1. The molecule has 1 aliphatic heterocycles. The minimum absolute atomic E-state index is 0.180. The molecule has 1 fully saturated rings. The smallest absolute Gasteiger partial charge is 0.323 e. The summed E-state index contributed by atoms with van der Waals surface area (Å²) in [5.41, 5.74) is 6.75. The maximum atomic E-state index is 13.4. The monoisotopic (exact) mass is 427 g/mol. The molecule has 2 aromatic carbocycles. The lowest BCUT2D eigenvalue weighted by Crippen LogP contribution is -2.55. The molecule has 0 aromatic heterocycles. The zero-order valence-electron chi connectivity index (χ0n) is 17.1. The van der Waals surface area contributed by atoms with E-state index in [9.17, 15) is 18.8 Å². The summed E-state index contributed by atoms with van der Waals surface area (Å²) in [6.07, 6.45) is -0.351. The summed E-state index contributed by atoms with van der Waals surface area (Å²) in [7, 11) is 0. The lowest BCUT2D eigenvalue weighted by atomic mass is 10.1. The van der Waals surface area contributed by atoms with E-state index in [1.165, 1.54) is 28.0 Å². The summed E-state index contributed by atoms with van der Waals surface area (Å²) in [4.78, 5) is 41.2. The number of nitrogens with two attached hydrogens (primary N) is 1. The van der Waals surface area contributed by atoms with Gasteiger partial charge in [0.25, 0.3) is 5.91 Å². The zero-order valence-corrected chi connectivity index (χ0v) is 17.1. The molecule has 1 aliphatic rings. The average Bonchev–Trinajstić information content (AvgIpc) is 3.22. The van der Waals surface area contributed by atoms with E-state index in [2.05, 4.69) is 10.6 Å². The van der Waals surface area contributed by atoms with Gasteiger partial charge in [-0.05, 0) is 30.2 Å². The first-order chi connectivity index (χ1) is 15.0. The van der Waals surface area contributed by atoms with Crippen LogP contribution in [-0.4, -0.2) is 60.0 Å². The predicted octanol–water partition coefficient (Wildman–Crippen LogP) is 1.54. The molecule has 1 heterocycles. The number of benzene rings is 2. The van der Waals surface area contributed by atoms with Crippen molar-refractivity contribution in [1.29, 1.82) is 0 Å². The number of carbonyl (C=O) groups is 3. The van der Waals surface area contributed by atoms with Crippen LogP contribution in [-0.2, 0) is 16.0 Å². The van der Waals surface area contributed by atoms with Gasteiger partial charge in [0, 0.05) is 38.3 Å². The van der Waals surface area contributed by atoms with Crippen LogP contribution in [0.4, 0.5) is 14.9 Å². The number of rotatable bonds is 7. The van der Waals surface area contributed by atoms with Gasteiger partial charge in [-0.15, -0.1) is 0 Å². The fourth-order valence-electron chi connectivity index (χ4n) is 3.47. The topological polar surface area (TPSA) is 108 Å². The van der Waals surface area contributed by atoms with E-state index in [4.69, 9.17) is 5.73 Å². The Kier molecular flexibility index (Phi) is 7.55. The van der Waals surface area contributed by atoms with E-state index in [0.717, 1.165) is 5.56 Å². The third-order valence-corrected chi connectivity index (χ3v) is 4.98. The first-order valence-corrected chi connectivity index (χ1v) is 10.1. The number of urea groups is 1. The van der Waals surface area contributed by atoms with Crippen molar-refractivity contribution in [2.24, 2.45) is 5.73 Å². The molecule has 0 spiro atoms. The normalized spacial score (nSPS) is 15.6. The summed E-state index contributed by atoms with van der Waals surface area (Å²) < 4.78 is 13.4. The van der Waals surface area contributed by atoms with E-state index in [1.54, 1.807) is 6.07 Å². The van der Waals surface area contributed by atoms with Crippen LogP contribution in [0.1, 0.15) is 12.0 Å². The van der Waals surface area contributed by atoms with Crippen molar-refractivity contribution in [2.75, 3.05) is 31.5 Å². The van der Waals surface area contributed by atoms with Gasteiger partial charge in [0.2, 0.25) is 5.91 Å². The van der Waals surface area contributed by atoms with Gasteiger partial charge < -0.3 is 21.3 Å². The molecular weight excluding hydrogens is 401 g/mol. The van der Waals surface area contributed by atoms with E-state index < -0.39 is 23.9 Å². The summed E-state index contributed by atoms with van der Waals surface area (Å²) in [6, 6.07) is 14.4. The number of hydrogen-bond acceptors (Lipinski definition) is 4. The van der Waals surface area contributed by atoms with Gasteiger partial charge in [-0.3, -0.25) is 14.5 Å². The van der Waals surface area contributed by atoms with Gasteiger partial charge in [0.05, 0.1) is 0 Å². The van der Waals surface area contributed by atoms with Gasteiger partial charge in [-0.25, -0.2) is 9.18 Å². The third-order valence-electron chi connectivity index (χ3n) is 4.98. The molecule has 3 rings (SSSR count). The molecule has 9 heteroatoms. The summed E-state index contributed by atoms with van der Waals surface area (Å²) in [5, 5.41) is 5.24. The molecule has 4 amide bonds. The molecule has 0 bridgehead atoms. The summed E-state index contributed by atoms with van der Waals surface area (Å²) in [5.74, 6) is -1.20. The number of anilines is 1. The Morgan fingerprint density at radius 1 is 1.03 bits per heavy atom. The number of nitrogens with zero attached hydrogens (tertiary/aromatic N) is 2. The summed E-state index contributed by atoms with van der Waals surface area (Å²) >= 11 is 0. The number of amides is 4. The lowest BCUT2D eigenvalue weighted by Gasteiger charge is -2.29. The van der Waals surface area contributed by atoms with Crippen LogP contribution in [0, 0.1) is 5.82 Å². The molecule has 0 radical (unpaired) electrons. The predicted molar refractivity (Wildman–Crippen MR) is 114 cm³/mol. The van der Waals surface area contributed by atoms with Crippen molar-refractivity contribution in [2.45, 2.75) is 19.0 Å². The van der Waals surface area contributed by atoms with Gasteiger partial charge in [0.1, 0.15) is 5.82 Å². The molecule has 4 N–H and O–H groups in total. The quantitative estimate of drug-likeness (QED) is 0.623. The number of aryl methyl sites for hydroxylation is 1. The van der Waals surface area contributed by atoms with Crippen LogP contribution >= 0.6 is 0 Å². The number of halogens is 1. The second-order valence-corrected chi connectivity index (χ2v) is 7.16. The minimum atomic E-state index is -1.09. The van der Waals surface area contributed by atoms with Crippen molar-refractivity contribution in [3.05, 3.63) is 66.0 Å². The van der Waals surface area contributed by atoms with E-state index >= 15 is 0 Å². The van der Waals surface area contributed by atoms with Gasteiger partial charge in [-0.2, -0.15) is 0 Å². The highest BCUT2D eigenvalue weighted by atomic mass is 19.1. The molecule has 31 heavy (non-hydrogen) atoms. The van der Waals surface area contributed by atoms with Crippen LogP contribution in [0.5, 0.6) is 0 Å². The first-order valence-electron chi connectivity index (χ1n) is 10.1. The first kappa shape index (κ1) is 22.2. The molecule has 0 aliphatic carbocycles. The molecule has 164 valence electrons.